The molecular weight excluding hydrogens is 373 g/mol. The molecule has 0 radical (unpaired) electrons. The maximum absolute atomic E-state index is 12.0. The number of carboxylic acids is 1. The molecule has 0 aromatic heterocycles. The van der Waals surface area contributed by atoms with Gasteiger partial charge in [-0.1, -0.05) is 6.07 Å². The molecule has 2 rings (SSSR count). The number of aromatic carboxylic acids is 1. The number of amides is 1. The highest BCUT2D eigenvalue weighted by atomic mass is 127. The summed E-state index contributed by atoms with van der Waals surface area (Å²) in [6.07, 6.45) is 0. The molecule has 2 aromatic rings. The van der Waals surface area contributed by atoms with Crippen molar-refractivity contribution >= 4 is 40.2 Å². The molecular formula is C14H10INO4. The van der Waals surface area contributed by atoms with Crippen molar-refractivity contribution in [2.45, 2.75) is 0 Å². The smallest absolute Gasteiger partial charge is 0.335 e. The first-order valence-electron chi connectivity index (χ1n) is 5.60. The van der Waals surface area contributed by atoms with E-state index >= 15 is 0 Å². The lowest BCUT2D eigenvalue weighted by Crippen LogP contribution is -2.12. The Morgan fingerprint density at radius 1 is 1.05 bits per heavy atom. The molecule has 102 valence electrons. The zero-order valence-electron chi connectivity index (χ0n) is 10.1. The van der Waals surface area contributed by atoms with Crippen molar-refractivity contribution in [2.24, 2.45) is 0 Å². The van der Waals surface area contributed by atoms with Crippen molar-refractivity contribution < 1.29 is 19.8 Å². The fraction of sp³-hybridized carbons (Fsp3) is 0. The SMILES string of the molecule is O=C(O)c1cccc(NC(=O)c2ccc(I)c(O)c2)c1. The third-order valence-electron chi connectivity index (χ3n) is 2.58. The van der Waals surface area contributed by atoms with Gasteiger partial charge in [-0.3, -0.25) is 4.79 Å². The molecule has 0 aliphatic heterocycles. The number of carbonyl (C=O) groups excluding carboxylic acids is 1. The van der Waals surface area contributed by atoms with E-state index < -0.39 is 11.9 Å². The lowest BCUT2D eigenvalue weighted by atomic mass is 10.1. The van der Waals surface area contributed by atoms with E-state index in [0.717, 1.165) is 0 Å². The van der Waals surface area contributed by atoms with Crippen molar-refractivity contribution in [2.75, 3.05) is 5.32 Å². The summed E-state index contributed by atoms with van der Waals surface area (Å²) < 4.78 is 0.645. The molecule has 0 heterocycles. The van der Waals surface area contributed by atoms with Gasteiger partial charge in [0.05, 0.1) is 9.13 Å². The number of aromatic hydroxyl groups is 1. The number of nitrogens with one attached hydrogen (secondary N) is 1. The first-order valence-corrected chi connectivity index (χ1v) is 6.68. The largest absolute Gasteiger partial charge is 0.507 e. The van der Waals surface area contributed by atoms with Crippen molar-refractivity contribution in [1.29, 1.82) is 0 Å². The molecule has 0 saturated heterocycles. The fourth-order valence-corrected chi connectivity index (χ4v) is 1.92. The van der Waals surface area contributed by atoms with Crippen LogP contribution in [-0.2, 0) is 0 Å². The Bertz CT molecular complexity index is 685. The maximum Gasteiger partial charge on any atom is 0.335 e. The maximum atomic E-state index is 12.0. The van der Waals surface area contributed by atoms with Gasteiger partial charge in [-0.25, -0.2) is 4.79 Å². The van der Waals surface area contributed by atoms with Crippen molar-refractivity contribution in [3.8, 4) is 5.75 Å². The van der Waals surface area contributed by atoms with Gasteiger partial charge < -0.3 is 15.5 Å². The minimum Gasteiger partial charge on any atom is -0.507 e. The van der Waals surface area contributed by atoms with Crippen molar-refractivity contribution in [1.82, 2.24) is 0 Å². The Kier molecular flexibility index (Phi) is 4.23. The van der Waals surface area contributed by atoms with Gasteiger partial charge in [0.25, 0.3) is 5.91 Å². The lowest BCUT2D eigenvalue weighted by molar-refractivity contribution is 0.0696. The van der Waals surface area contributed by atoms with Gasteiger partial charge >= 0.3 is 5.97 Å². The third kappa shape index (κ3) is 3.27. The summed E-state index contributed by atoms with van der Waals surface area (Å²) in [5.41, 5.74) is 0.768. The summed E-state index contributed by atoms with van der Waals surface area (Å²) in [6, 6.07) is 10.5. The van der Waals surface area contributed by atoms with E-state index in [4.69, 9.17) is 5.11 Å². The van der Waals surface area contributed by atoms with Crippen LogP contribution in [0.25, 0.3) is 0 Å². The summed E-state index contributed by atoms with van der Waals surface area (Å²) in [5.74, 6) is -1.45. The predicted octanol–water partition coefficient (Wildman–Crippen LogP) is 2.95. The molecule has 3 N–H and O–H groups in total. The normalized spacial score (nSPS) is 10.1. The van der Waals surface area contributed by atoms with Crippen molar-refractivity contribution in [3.05, 3.63) is 57.2 Å². The molecule has 0 unspecified atom stereocenters. The summed E-state index contributed by atoms with van der Waals surface area (Å²) >= 11 is 1.95. The van der Waals surface area contributed by atoms with E-state index in [2.05, 4.69) is 5.32 Å². The molecule has 0 aliphatic rings. The van der Waals surface area contributed by atoms with Gasteiger partial charge in [0.1, 0.15) is 5.75 Å². The van der Waals surface area contributed by atoms with Gasteiger partial charge in [0.15, 0.2) is 0 Å². The highest BCUT2D eigenvalue weighted by molar-refractivity contribution is 14.1. The van der Waals surface area contributed by atoms with Gasteiger partial charge in [-0.2, -0.15) is 0 Å². The minimum atomic E-state index is -1.06. The topological polar surface area (TPSA) is 86.6 Å². The Balaban J connectivity index is 2.21. The van der Waals surface area contributed by atoms with Gasteiger partial charge in [-0.15, -0.1) is 0 Å². The molecule has 0 spiro atoms. The van der Waals surface area contributed by atoms with Crippen molar-refractivity contribution in [3.63, 3.8) is 0 Å². The fourth-order valence-electron chi connectivity index (χ4n) is 1.59. The van der Waals surface area contributed by atoms with Crippen LogP contribution in [0.5, 0.6) is 5.75 Å². The van der Waals surface area contributed by atoms with Gasteiger partial charge in [0, 0.05) is 11.3 Å². The zero-order chi connectivity index (χ0) is 14.7. The molecule has 6 heteroatoms. The van der Waals surface area contributed by atoms with E-state index in [-0.39, 0.29) is 11.3 Å². The quantitative estimate of drug-likeness (QED) is 0.712. The summed E-state index contributed by atoms with van der Waals surface area (Å²) in [4.78, 5) is 22.8. The van der Waals surface area contributed by atoms with E-state index in [9.17, 15) is 14.7 Å². The predicted molar refractivity (Wildman–Crippen MR) is 82.2 cm³/mol. The number of hydrogen-bond donors (Lipinski definition) is 3. The molecule has 1 amide bonds. The zero-order valence-corrected chi connectivity index (χ0v) is 12.3. The Morgan fingerprint density at radius 2 is 1.80 bits per heavy atom. The van der Waals surface area contributed by atoms with Crippen LogP contribution in [-0.4, -0.2) is 22.1 Å². The highest BCUT2D eigenvalue weighted by Crippen LogP contribution is 2.21. The number of rotatable bonds is 3. The summed E-state index contributed by atoms with van der Waals surface area (Å²) in [6.45, 7) is 0. The third-order valence-corrected chi connectivity index (χ3v) is 3.49. The monoisotopic (exact) mass is 383 g/mol. The standard InChI is InChI=1S/C14H10INO4/c15-11-5-4-8(7-12(11)17)13(18)16-10-3-1-2-9(6-10)14(19)20/h1-7,17H,(H,16,18)(H,19,20). The molecule has 0 bridgehead atoms. The number of phenols is 1. The number of halogens is 1. The summed E-state index contributed by atoms with van der Waals surface area (Å²) in [7, 11) is 0. The Labute approximate surface area is 128 Å². The molecule has 5 nitrogen and oxygen atoms in total. The van der Waals surface area contributed by atoms with Crippen LogP contribution in [0.1, 0.15) is 20.7 Å². The molecule has 0 fully saturated rings. The lowest BCUT2D eigenvalue weighted by Gasteiger charge is -2.07. The van der Waals surface area contributed by atoms with Gasteiger partial charge in [0.2, 0.25) is 0 Å². The van der Waals surface area contributed by atoms with Crippen LogP contribution in [0.2, 0.25) is 0 Å². The van der Waals surface area contributed by atoms with Crippen LogP contribution in [0.4, 0.5) is 5.69 Å². The van der Waals surface area contributed by atoms with Crippen LogP contribution in [0.15, 0.2) is 42.5 Å². The molecule has 0 atom stereocenters. The summed E-state index contributed by atoms with van der Waals surface area (Å²) in [5, 5.41) is 21.0. The Hall–Kier alpha value is -2.09. The first kappa shape index (κ1) is 14.3. The second-order valence-corrected chi connectivity index (χ2v) is 5.17. The average molecular weight is 383 g/mol. The number of hydrogen-bond acceptors (Lipinski definition) is 3. The second kappa shape index (κ2) is 5.91. The Morgan fingerprint density at radius 3 is 2.45 bits per heavy atom. The van der Waals surface area contributed by atoms with Gasteiger partial charge in [-0.05, 0) is 59.0 Å². The molecule has 20 heavy (non-hydrogen) atoms. The minimum absolute atomic E-state index is 0.0255. The van der Waals surface area contributed by atoms with E-state index in [1.165, 1.54) is 18.2 Å². The number of phenolic OH excluding ortho intramolecular Hbond substituents is 1. The molecule has 2 aromatic carbocycles. The molecule has 0 aliphatic carbocycles. The number of carbonyl (C=O) groups is 2. The second-order valence-electron chi connectivity index (χ2n) is 4.01. The average Bonchev–Trinajstić information content (AvgIpc) is 2.42. The van der Waals surface area contributed by atoms with E-state index in [1.807, 2.05) is 22.6 Å². The van der Waals surface area contributed by atoms with E-state index in [0.29, 0.717) is 14.8 Å². The van der Waals surface area contributed by atoms with Crippen LogP contribution < -0.4 is 5.32 Å². The highest BCUT2D eigenvalue weighted by Gasteiger charge is 2.10. The van der Waals surface area contributed by atoms with E-state index in [1.54, 1.807) is 24.3 Å². The molecule has 0 saturated carbocycles. The van der Waals surface area contributed by atoms with Crippen LogP contribution in [0, 0.1) is 3.57 Å². The van der Waals surface area contributed by atoms with Crippen LogP contribution in [0.3, 0.4) is 0 Å². The number of carboxylic acid groups (broad SMARTS) is 1. The first-order chi connectivity index (χ1) is 9.47. The van der Waals surface area contributed by atoms with Crippen LogP contribution >= 0.6 is 22.6 Å². The number of anilines is 1. The number of benzene rings is 2.